The molecule has 1 aliphatic rings. The predicted octanol–water partition coefficient (Wildman–Crippen LogP) is 2.26. The Labute approximate surface area is 89.7 Å². The van der Waals surface area contributed by atoms with Gasteiger partial charge >= 0.3 is 0 Å². The summed E-state index contributed by atoms with van der Waals surface area (Å²) in [5, 5.41) is 3.27. The second kappa shape index (κ2) is 4.34. The number of hydrazine groups is 1. The number of nitrogens with zero attached hydrogens (tertiary/aromatic N) is 1. The maximum Gasteiger partial charge on any atom is 0.0921 e. The Morgan fingerprint density at radius 3 is 2.71 bits per heavy atom. The Bertz CT molecular complexity index is 279. The highest BCUT2D eigenvalue weighted by atomic mass is 32.2. The lowest BCUT2D eigenvalue weighted by Gasteiger charge is -2.34. The Morgan fingerprint density at radius 2 is 2.07 bits per heavy atom. The van der Waals surface area contributed by atoms with E-state index in [0.717, 1.165) is 6.54 Å². The van der Waals surface area contributed by atoms with Gasteiger partial charge in [-0.3, -0.25) is 0 Å². The van der Waals surface area contributed by atoms with Gasteiger partial charge in [-0.25, -0.2) is 10.4 Å². The summed E-state index contributed by atoms with van der Waals surface area (Å²) >= 11 is 1.99. The minimum absolute atomic E-state index is 0.407. The minimum atomic E-state index is 0.407. The van der Waals surface area contributed by atoms with Gasteiger partial charge in [0.15, 0.2) is 0 Å². The molecule has 2 atom stereocenters. The number of nitrogens with one attached hydrogen (secondary N) is 1. The van der Waals surface area contributed by atoms with Crippen molar-refractivity contribution in [2.75, 3.05) is 13.6 Å². The predicted molar refractivity (Wildman–Crippen MR) is 62.0 cm³/mol. The normalized spacial score (nSPS) is 29.0. The molecule has 1 heterocycles. The summed E-state index contributed by atoms with van der Waals surface area (Å²) in [6.07, 6.45) is 0. The fraction of sp³-hybridized carbons (Fsp3) is 0.455. The maximum absolute atomic E-state index is 3.46. The molecule has 1 aromatic rings. The molecule has 14 heavy (non-hydrogen) atoms. The second-order valence-electron chi connectivity index (χ2n) is 3.75. The van der Waals surface area contributed by atoms with E-state index in [0.29, 0.717) is 10.6 Å². The van der Waals surface area contributed by atoms with Crippen LogP contribution in [0, 0.1) is 0 Å². The molecular formula is C11H16N2S. The molecule has 1 aromatic carbocycles. The van der Waals surface area contributed by atoms with E-state index in [4.69, 9.17) is 0 Å². The average Bonchev–Trinajstić information content (AvgIpc) is 2.18. The van der Waals surface area contributed by atoms with Crippen molar-refractivity contribution in [2.45, 2.75) is 17.5 Å². The number of hydrogen-bond acceptors (Lipinski definition) is 3. The van der Waals surface area contributed by atoms with Crippen LogP contribution in [0.25, 0.3) is 0 Å². The van der Waals surface area contributed by atoms with Crippen molar-refractivity contribution in [2.24, 2.45) is 0 Å². The third-order valence-electron chi connectivity index (χ3n) is 2.34. The van der Waals surface area contributed by atoms with Crippen LogP contribution in [-0.2, 0) is 0 Å². The fourth-order valence-electron chi connectivity index (χ4n) is 1.73. The van der Waals surface area contributed by atoms with Gasteiger partial charge in [-0.15, -0.1) is 11.8 Å². The molecule has 1 aliphatic heterocycles. The summed E-state index contributed by atoms with van der Waals surface area (Å²) in [6.45, 7) is 3.38. The van der Waals surface area contributed by atoms with E-state index in [1.54, 1.807) is 0 Å². The smallest absolute Gasteiger partial charge is 0.0921 e. The molecule has 2 rings (SSSR count). The summed E-state index contributed by atoms with van der Waals surface area (Å²) in [6, 6.07) is 10.6. The van der Waals surface area contributed by atoms with Gasteiger partial charge in [0.1, 0.15) is 0 Å². The number of benzene rings is 1. The van der Waals surface area contributed by atoms with Crippen molar-refractivity contribution in [1.29, 1.82) is 0 Å². The van der Waals surface area contributed by atoms with E-state index >= 15 is 0 Å². The summed E-state index contributed by atoms with van der Waals surface area (Å²) in [4.78, 5) is 0. The van der Waals surface area contributed by atoms with E-state index in [1.807, 2.05) is 11.8 Å². The van der Waals surface area contributed by atoms with Crippen LogP contribution in [0.1, 0.15) is 17.9 Å². The van der Waals surface area contributed by atoms with Crippen LogP contribution in [-0.4, -0.2) is 23.9 Å². The van der Waals surface area contributed by atoms with E-state index in [1.165, 1.54) is 5.56 Å². The SMILES string of the molecule is C[C@@H]1CN(C)N[C@H](c2ccccc2)S1. The van der Waals surface area contributed by atoms with Gasteiger partial charge in [-0.1, -0.05) is 37.3 Å². The molecule has 3 heteroatoms. The molecular weight excluding hydrogens is 192 g/mol. The fourth-order valence-corrected chi connectivity index (χ4v) is 3.05. The summed E-state index contributed by atoms with van der Waals surface area (Å²) in [5.41, 5.74) is 4.82. The summed E-state index contributed by atoms with van der Waals surface area (Å²) < 4.78 is 0. The van der Waals surface area contributed by atoms with E-state index < -0.39 is 0 Å². The molecule has 0 amide bonds. The molecule has 0 unspecified atom stereocenters. The first-order valence-corrected chi connectivity index (χ1v) is 5.87. The number of thioether (sulfide) groups is 1. The first-order chi connectivity index (χ1) is 6.75. The molecule has 0 aliphatic carbocycles. The standard InChI is InChI=1S/C11H16N2S/c1-9-8-13(2)12-11(14-9)10-6-4-3-5-7-10/h3-7,9,11-12H,8H2,1-2H3/t9-,11+/m1/s1. The van der Waals surface area contributed by atoms with Crippen LogP contribution < -0.4 is 5.43 Å². The third-order valence-corrected chi connectivity index (χ3v) is 3.60. The van der Waals surface area contributed by atoms with Crippen LogP contribution in [0.4, 0.5) is 0 Å². The zero-order valence-electron chi connectivity index (χ0n) is 8.60. The summed E-state index contributed by atoms with van der Waals surface area (Å²) in [7, 11) is 2.10. The van der Waals surface area contributed by atoms with Gasteiger partial charge in [0.05, 0.1) is 5.37 Å². The topological polar surface area (TPSA) is 15.3 Å². The molecule has 0 bridgehead atoms. The van der Waals surface area contributed by atoms with Crippen LogP contribution in [0.3, 0.4) is 0 Å². The van der Waals surface area contributed by atoms with Crippen molar-refractivity contribution < 1.29 is 0 Å². The molecule has 1 N–H and O–H groups in total. The Kier molecular flexibility index (Phi) is 3.11. The van der Waals surface area contributed by atoms with Gasteiger partial charge < -0.3 is 0 Å². The molecule has 0 aromatic heterocycles. The lowest BCUT2D eigenvalue weighted by atomic mass is 10.2. The van der Waals surface area contributed by atoms with Crippen molar-refractivity contribution >= 4 is 11.8 Å². The molecule has 1 saturated heterocycles. The lowest BCUT2D eigenvalue weighted by molar-refractivity contribution is 0.219. The Balaban J connectivity index is 2.11. The van der Waals surface area contributed by atoms with E-state index in [-0.39, 0.29) is 0 Å². The highest BCUT2D eigenvalue weighted by molar-refractivity contribution is 8.00. The molecule has 2 nitrogen and oxygen atoms in total. The van der Waals surface area contributed by atoms with Gasteiger partial charge in [-0.05, 0) is 5.56 Å². The Morgan fingerprint density at radius 1 is 1.36 bits per heavy atom. The van der Waals surface area contributed by atoms with Gasteiger partial charge in [0.25, 0.3) is 0 Å². The van der Waals surface area contributed by atoms with Crippen molar-refractivity contribution in [3.63, 3.8) is 0 Å². The number of hydrogen-bond donors (Lipinski definition) is 1. The van der Waals surface area contributed by atoms with Crippen LogP contribution >= 0.6 is 11.8 Å². The first kappa shape index (κ1) is 10.0. The van der Waals surface area contributed by atoms with Gasteiger partial charge in [0, 0.05) is 18.8 Å². The summed E-state index contributed by atoms with van der Waals surface area (Å²) in [5.74, 6) is 0. The van der Waals surface area contributed by atoms with E-state index in [2.05, 4.69) is 54.7 Å². The molecule has 1 fully saturated rings. The van der Waals surface area contributed by atoms with Crippen molar-refractivity contribution in [3.8, 4) is 0 Å². The number of rotatable bonds is 1. The molecule has 0 spiro atoms. The van der Waals surface area contributed by atoms with Crippen molar-refractivity contribution in [1.82, 2.24) is 10.4 Å². The van der Waals surface area contributed by atoms with Crippen molar-refractivity contribution in [3.05, 3.63) is 35.9 Å². The first-order valence-electron chi connectivity index (χ1n) is 4.93. The molecule has 76 valence electrons. The third kappa shape index (κ3) is 2.29. The molecule has 0 saturated carbocycles. The quantitative estimate of drug-likeness (QED) is 0.762. The zero-order valence-corrected chi connectivity index (χ0v) is 9.42. The highest BCUT2D eigenvalue weighted by Crippen LogP contribution is 2.32. The van der Waals surface area contributed by atoms with Gasteiger partial charge in [-0.2, -0.15) is 0 Å². The van der Waals surface area contributed by atoms with E-state index in [9.17, 15) is 0 Å². The molecule has 0 radical (unpaired) electrons. The largest absolute Gasteiger partial charge is 0.245 e. The zero-order chi connectivity index (χ0) is 9.97. The lowest BCUT2D eigenvalue weighted by Crippen LogP contribution is -2.44. The maximum atomic E-state index is 3.46. The monoisotopic (exact) mass is 208 g/mol. The Hall–Kier alpha value is -0.510. The van der Waals surface area contributed by atoms with Gasteiger partial charge in [0.2, 0.25) is 0 Å². The van der Waals surface area contributed by atoms with Crippen LogP contribution in [0.5, 0.6) is 0 Å². The highest BCUT2D eigenvalue weighted by Gasteiger charge is 2.23. The average molecular weight is 208 g/mol. The second-order valence-corrected chi connectivity index (χ2v) is 5.30. The van der Waals surface area contributed by atoms with Crippen LogP contribution in [0.15, 0.2) is 30.3 Å². The van der Waals surface area contributed by atoms with Crippen LogP contribution in [0.2, 0.25) is 0 Å². The minimum Gasteiger partial charge on any atom is -0.245 e.